The van der Waals surface area contributed by atoms with Crippen molar-refractivity contribution in [2.75, 3.05) is 19.8 Å². The topological polar surface area (TPSA) is 175 Å². The number of carbonyl (C=O) groups excluding carboxylic acids is 2. The van der Waals surface area contributed by atoms with E-state index in [-0.39, 0.29) is 18.5 Å². The van der Waals surface area contributed by atoms with Crippen molar-refractivity contribution < 1.29 is 49.3 Å². The molecule has 0 saturated carbocycles. The molecule has 1 fully saturated rings. The third-order valence-corrected chi connectivity index (χ3v) is 12.3. The second kappa shape index (κ2) is 46.5. The van der Waals surface area contributed by atoms with E-state index in [4.69, 9.17) is 14.2 Å². The number of esters is 1. The van der Waals surface area contributed by atoms with Crippen molar-refractivity contribution in [2.45, 2.75) is 256 Å². The van der Waals surface area contributed by atoms with Gasteiger partial charge in [-0.2, -0.15) is 0 Å². The molecule has 0 aromatic rings. The Morgan fingerprint density at radius 3 is 1.66 bits per heavy atom. The molecule has 1 heterocycles. The van der Waals surface area contributed by atoms with E-state index in [1.165, 1.54) is 70.6 Å². The molecule has 392 valence electrons. The van der Waals surface area contributed by atoms with Gasteiger partial charge in [0.25, 0.3) is 0 Å². The van der Waals surface area contributed by atoms with E-state index in [1.807, 2.05) is 6.08 Å². The van der Waals surface area contributed by atoms with Crippen LogP contribution in [-0.2, 0) is 23.8 Å². The zero-order valence-corrected chi connectivity index (χ0v) is 42.8. The number of aliphatic hydroxyl groups is 5. The summed E-state index contributed by atoms with van der Waals surface area (Å²) in [4.78, 5) is 25.0. The molecule has 1 aliphatic rings. The Morgan fingerprint density at radius 1 is 0.559 bits per heavy atom. The summed E-state index contributed by atoms with van der Waals surface area (Å²) in [6.45, 7) is 4.15. The average Bonchev–Trinajstić information content (AvgIpc) is 3.33. The fourth-order valence-electron chi connectivity index (χ4n) is 7.88. The van der Waals surface area contributed by atoms with Gasteiger partial charge in [0, 0.05) is 12.8 Å². The molecule has 0 aromatic carbocycles. The number of ether oxygens (including phenoxy) is 3. The number of nitrogens with one attached hydrogen (secondary N) is 1. The van der Waals surface area contributed by atoms with Crippen molar-refractivity contribution in [3.63, 3.8) is 0 Å². The molecule has 0 aromatic heterocycles. The standard InChI is InChI=1S/C57H99NO10/c1-3-5-7-9-11-13-14-15-16-19-22-25-29-33-37-41-45-53(62)66-46-42-38-34-30-26-23-20-17-18-21-24-28-32-36-40-44-52(61)58-49(50(60)43-39-35-31-27-12-10-8-6-4-2)48-67-57-56(65)55(64)54(63)51(47-59)68-57/h12-14,16-17,19-20,23,26-27,39,43,49-51,54-57,59-60,63-65H,3-11,15,18,21-22,24-25,28-38,40-42,44-48H2,1-2H3,(H,58,61)/b14-13-,19-16-,20-17-,26-23-,27-12+,43-39+. The predicted octanol–water partition coefficient (Wildman–Crippen LogP) is 11.7. The van der Waals surface area contributed by atoms with E-state index in [0.29, 0.717) is 19.4 Å². The van der Waals surface area contributed by atoms with Gasteiger partial charge in [0.15, 0.2) is 6.29 Å². The Bertz CT molecular complexity index is 1360. The van der Waals surface area contributed by atoms with Crippen molar-refractivity contribution in [2.24, 2.45) is 0 Å². The summed E-state index contributed by atoms with van der Waals surface area (Å²) >= 11 is 0. The number of hydrogen-bond donors (Lipinski definition) is 6. The molecule has 68 heavy (non-hydrogen) atoms. The van der Waals surface area contributed by atoms with Gasteiger partial charge in [0.1, 0.15) is 24.4 Å². The second-order valence-corrected chi connectivity index (χ2v) is 18.6. The highest BCUT2D eigenvalue weighted by Crippen LogP contribution is 2.22. The number of hydrogen-bond acceptors (Lipinski definition) is 10. The molecule has 1 saturated heterocycles. The molecule has 7 atom stereocenters. The predicted molar refractivity (Wildman–Crippen MR) is 278 cm³/mol. The number of amides is 1. The third-order valence-electron chi connectivity index (χ3n) is 12.3. The van der Waals surface area contributed by atoms with Gasteiger partial charge in [0.2, 0.25) is 5.91 Å². The molecule has 1 amide bonds. The van der Waals surface area contributed by atoms with E-state index in [2.05, 4.69) is 79.9 Å². The molecule has 0 radical (unpaired) electrons. The first kappa shape index (κ1) is 63.1. The first-order chi connectivity index (χ1) is 33.2. The van der Waals surface area contributed by atoms with E-state index in [1.54, 1.807) is 6.08 Å². The molecule has 6 N–H and O–H groups in total. The highest BCUT2D eigenvalue weighted by atomic mass is 16.7. The van der Waals surface area contributed by atoms with Crippen LogP contribution in [0.5, 0.6) is 0 Å². The SMILES string of the molecule is CCCCC/C=C/CC/C=C/C(O)C(COC1OC(CO)C(O)C(O)C1O)NC(=O)CCCCCCCC/C=C\C=C/CCCCCOC(=O)CCCCCCC/C=C\C/C=C\CCCCCC. The van der Waals surface area contributed by atoms with Crippen LogP contribution < -0.4 is 5.32 Å². The van der Waals surface area contributed by atoms with Crippen LogP contribution >= 0.6 is 0 Å². The minimum atomic E-state index is -1.59. The van der Waals surface area contributed by atoms with Gasteiger partial charge in [-0.1, -0.05) is 164 Å². The Kier molecular flexibility index (Phi) is 43.1. The Labute approximate surface area is 413 Å². The first-order valence-corrected chi connectivity index (χ1v) is 27.2. The lowest BCUT2D eigenvalue weighted by Gasteiger charge is -2.40. The Morgan fingerprint density at radius 2 is 1.04 bits per heavy atom. The number of unbranched alkanes of at least 4 members (excludes halogenated alkanes) is 22. The van der Waals surface area contributed by atoms with Crippen LogP contribution in [-0.4, -0.2) is 100 Å². The Hall–Kier alpha value is -2.90. The van der Waals surface area contributed by atoms with Gasteiger partial charge in [-0.25, -0.2) is 0 Å². The zero-order chi connectivity index (χ0) is 49.6. The van der Waals surface area contributed by atoms with Crippen molar-refractivity contribution in [3.8, 4) is 0 Å². The van der Waals surface area contributed by atoms with Crippen molar-refractivity contribution in [1.82, 2.24) is 5.32 Å². The highest BCUT2D eigenvalue weighted by Gasteiger charge is 2.44. The number of carbonyl (C=O) groups is 2. The maximum atomic E-state index is 12.9. The van der Waals surface area contributed by atoms with Gasteiger partial charge in [-0.3, -0.25) is 9.59 Å². The van der Waals surface area contributed by atoms with Crippen LogP contribution in [0.4, 0.5) is 0 Å². The molecule has 7 unspecified atom stereocenters. The quantitative estimate of drug-likeness (QED) is 0.0149. The van der Waals surface area contributed by atoms with Gasteiger partial charge < -0.3 is 45.1 Å². The molecule has 1 rings (SSSR count). The third kappa shape index (κ3) is 36.1. The lowest BCUT2D eigenvalue weighted by molar-refractivity contribution is -0.302. The fraction of sp³-hybridized carbons (Fsp3) is 0.754. The summed E-state index contributed by atoms with van der Waals surface area (Å²) < 4.78 is 16.6. The van der Waals surface area contributed by atoms with Gasteiger partial charge in [0.05, 0.1) is 32.0 Å². The van der Waals surface area contributed by atoms with Crippen LogP contribution in [0.15, 0.2) is 72.9 Å². The second-order valence-electron chi connectivity index (χ2n) is 18.6. The molecular formula is C57H99NO10. The van der Waals surface area contributed by atoms with Gasteiger partial charge in [-0.05, 0) is 109 Å². The summed E-state index contributed by atoms with van der Waals surface area (Å²) in [6, 6.07) is -0.845. The number of rotatable bonds is 45. The summed E-state index contributed by atoms with van der Waals surface area (Å²) in [5.41, 5.74) is 0. The highest BCUT2D eigenvalue weighted by molar-refractivity contribution is 5.76. The molecule has 0 spiro atoms. The van der Waals surface area contributed by atoms with Gasteiger partial charge in [-0.15, -0.1) is 0 Å². The smallest absolute Gasteiger partial charge is 0.305 e. The molecule has 0 aliphatic carbocycles. The maximum absolute atomic E-state index is 12.9. The van der Waals surface area contributed by atoms with Crippen LogP contribution in [0, 0.1) is 0 Å². The van der Waals surface area contributed by atoms with Crippen molar-refractivity contribution >= 4 is 11.9 Å². The van der Waals surface area contributed by atoms with E-state index in [0.717, 1.165) is 116 Å². The Balaban J connectivity index is 2.13. The largest absolute Gasteiger partial charge is 0.466 e. The first-order valence-electron chi connectivity index (χ1n) is 27.2. The van der Waals surface area contributed by atoms with Crippen LogP contribution in [0.3, 0.4) is 0 Å². The lowest BCUT2D eigenvalue weighted by Crippen LogP contribution is -2.60. The molecule has 11 heteroatoms. The monoisotopic (exact) mass is 958 g/mol. The molecule has 0 bridgehead atoms. The summed E-state index contributed by atoms with van der Waals surface area (Å²) in [6.07, 6.45) is 50.0. The molecule has 1 aliphatic heterocycles. The summed E-state index contributed by atoms with van der Waals surface area (Å²) in [7, 11) is 0. The van der Waals surface area contributed by atoms with E-state index >= 15 is 0 Å². The van der Waals surface area contributed by atoms with Crippen molar-refractivity contribution in [3.05, 3.63) is 72.9 Å². The van der Waals surface area contributed by atoms with E-state index < -0.39 is 49.5 Å². The van der Waals surface area contributed by atoms with Crippen LogP contribution in [0.1, 0.15) is 213 Å². The average molecular weight is 958 g/mol. The maximum Gasteiger partial charge on any atom is 0.305 e. The van der Waals surface area contributed by atoms with E-state index in [9.17, 15) is 35.1 Å². The minimum absolute atomic E-state index is 0.0569. The fourth-order valence-corrected chi connectivity index (χ4v) is 7.88. The van der Waals surface area contributed by atoms with Crippen LogP contribution in [0.25, 0.3) is 0 Å². The number of aliphatic hydroxyl groups excluding tert-OH is 5. The minimum Gasteiger partial charge on any atom is -0.466 e. The molecular weight excluding hydrogens is 859 g/mol. The summed E-state index contributed by atoms with van der Waals surface area (Å²) in [5, 5.41) is 54.0. The van der Waals surface area contributed by atoms with Crippen molar-refractivity contribution in [1.29, 1.82) is 0 Å². The van der Waals surface area contributed by atoms with Gasteiger partial charge >= 0.3 is 5.97 Å². The van der Waals surface area contributed by atoms with Crippen LogP contribution in [0.2, 0.25) is 0 Å². The molecule has 11 nitrogen and oxygen atoms in total. The summed E-state index contributed by atoms with van der Waals surface area (Å²) in [5.74, 6) is -0.277. The zero-order valence-electron chi connectivity index (χ0n) is 42.8. The number of allylic oxidation sites excluding steroid dienone is 11. The normalized spacial score (nSPS) is 20.0. The lowest BCUT2D eigenvalue weighted by atomic mass is 9.99.